The average Bonchev–Trinajstić information content (AvgIpc) is 2.41. The van der Waals surface area contributed by atoms with E-state index in [1.807, 2.05) is 13.8 Å². The number of benzene rings is 1. The van der Waals surface area contributed by atoms with Gasteiger partial charge in [0.25, 0.3) is 0 Å². The van der Waals surface area contributed by atoms with Crippen molar-refractivity contribution in [2.24, 2.45) is 5.92 Å². The summed E-state index contributed by atoms with van der Waals surface area (Å²) in [5.74, 6) is 0.103. The van der Waals surface area contributed by atoms with Gasteiger partial charge in [-0.15, -0.1) is 0 Å². The largest absolute Gasteiger partial charge is 0.326 e. The molecule has 0 aliphatic rings. The van der Waals surface area contributed by atoms with Crippen LogP contribution in [0.2, 0.25) is 0 Å². The van der Waals surface area contributed by atoms with Crippen LogP contribution in [-0.4, -0.2) is 20.9 Å². The van der Waals surface area contributed by atoms with Crippen molar-refractivity contribution in [2.45, 2.75) is 45.4 Å². The SMILES string of the molecule is CCC(CC)CNS(=O)(=O)c1cc(NC(C)=O)ccc1C. The third-order valence-corrected chi connectivity index (χ3v) is 5.08. The molecule has 0 saturated heterocycles. The number of amides is 1. The maximum Gasteiger partial charge on any atom is 0.240 e. The molecule has 0 unspecified atom stereocenters. The maximum absolute atomic E-state index is 12.4. The number of anilines is 1. The van der Waals surface area contributed by atoms with Crippen LogP contribution in [0.3, 0.4) is 0 Å². The van der Waals surface area contributed by atoms with Gasteiger partial charge >= 0.3 is 0 Å². The first-order chi connectivity index (χ1) is 9.80. The van der Waals surface area contributed by atoms with E-state index in [1.165, 1.54) is 13.0 Å². The Kier molecular flexibility index (Phi) is 6.36. The zero-order valence-electron chi connectivity index (χ0n) is 13.1. The van der Waals surface area contributed by atoms with Crippen molar-refractivity contribution in [1.82, 2.24) is 4.72 Å². The van der Waals surface area contributed by atoms with Gasteiger partial charge in [-0.1, -0.05) is 32.8 Å². The van der Waals surface area contributed by atoms with Crippen LogP contribution in [-0.2, 0) is 14.8 Å². The molecule has 0 fully saturated rings. The van der Waals surface area contributed by atoms with Crippen LogP contribution in [0.15, 0.2) is 23.1 Å². The summed E-state index contributed by atoms with van der Waals surface area (Å²) >= 11 is 0. The second-order valence-electron chi connectivity index (χ2n) is 5.20. The number of hydrogen-bond acceptors (Lipinski definition) is 3. The van der Waals surface area contributed by atoms with E-state index in [1.54, 1.807) is 19.1 Å². The minimum atomic E-state index is -3.57. The molecule has 21 heavy (non-hydrogen) atoms. The number of sulfonamides is 1. The Hall–Kier alpha value is -1.40. The van der Waals surface area contributed by atoms with Gasteiger partial charge in [-0.25, -0.2) is 13.1 Å². The summed E-state index contributed by atoms with van der Waals surface area (Å²) in [6.45, 7) is 7.65. The molecule has 0 radical (unpaired) electrons. The average molecular weight is 312 g/mol. The van der Waals surface area contributed by atoms with Crippen LogP contribution in [0.4, 0.5) is 5.69 Å². The lowest BCUT2D eigenvalue weighted by Crippen LogP contribution is -2.29. The van der Waals surface area contributed by atoms with Gasteiger partial charge in [0, 0.05) is 19.2 Å². The minimum absolute atomic E-state index is 0.208. The molecule has 0 heterocycles. The van der Waals surface area contributed by atoms with Crippen molar-refractivity contribution in [3.8, 4) is 0 Å². The van der Waals surface area contributed by atoms with Gasteiger partial charge in [0.05, 0.1) is 4.90 Å². The molecule has 1 amide bonds. The molecule has 1 aromatic rings. The minimum Gasteiger partial charge on any atom is -0.326 e. The van der Waals surface area contributed by atoms with E-state index in [2.05, 4.69) is 10.0 Å². The van der Waals surface area contributed by atoms with Crippen LogP contribution in [0.25, 0.3) is 0 Å². The van der Waals surface area contributed by atoms with E-state index >= 15 is 0 Å². The fourth-order valence-corrected chi connectivity index (χ4v) is 3.44. The predicted octanol–water partition coefficient (Wildman–Crippen LogP) is 2.67. The van der Waals surface area contributed by atoms with E-state index in [-0.39, 0.29) is 10.8 Å². The Morgan fingerprint density at radius 2 is 1.86 bits per heavy atom. The first-order valence-electron chi connectivity index (χ1n) is 7.18. The van der Waals surface area contributed by atoms with Crippen LogP contribution >= 0.6 is 0 Å². The van der Waals surface area contributed by atoms with Crippen LogP contribution in [0, 0.1) is 12.8 Å². The molecular weight excluding hydrogens is 288 g/mol. The molecule has 1 rings (SSSR count). The second-order valence-corrected chi connectivity index (χ2v) is 6.93. The number of aryl methyl sites for hydroxylation is 1. The van der Waals surface area contributed by atoms with E-state index < -0.39 is 10.0 Å². The van der Waals surface area contributed by atoms with E-state index in [4.69, 9.17) is 0 Å². The summed E-state index contributed by atoms with van der Waals surface area (Å²) in [7, 11) is -3.57. The topological polar surface area (TPSA) is 75.3 Å². The Balaban J connectivity index is 2.98. The third kappa shape index (κ3) is 5.13. The highest BCUT2D eigenvalue weighted by atomic mass is 32.2. The Labute approximate surface area is 127 Å². The zero-order valence-corrected chi connectivity index (χ0v) is 13.9. The van der Waals surface area contributed by atoms with Crippen molar-refractivity contribution in [3.63, 3.8) is 0 Å². The van der Waals surface area contributed by atoms with Crippen LogP contribution in [0.5, 0.6) is 0 Å². The molecule has 0 saturated carbocycles. The monoisotopic (exact) mass is 312 g/mol. The summed E-state index contributed by atoms with van der Waals surface area (Å²) in [5.41, 5.74) is 1.14. The van der Waals surface area contributed by atoms with Crippen molar-refractivity contribution in [3.05, 3.63) is 23.8 Å². The molecule has 2 N–H and O–H groups in total. The summed E-state index contributed by atoms with van der Waals surface area (Å²) in [5, 5.41) is 2.60. The molecule has 0 bridgehead atoms. The molecule has 6 heteroatoms. The first-order valence-corrected chi connectivity index (χ1v) is 8.66. The van der Waals surface area contributed by atoms with Crippen LogP contribution in [0.1, 0.15) is 39.2 Å². The van der Waals surface area contributed by atoms with Crippen molar-refractivity contribution in [1.29, 1.82) is 0 Å². The van der Waals surface area contributed by atoms with Crippen LogP contribution < -0.4 is 10.0 Å². The van der Waals surface area contributed by atoms with Gasteiger partial charge < -0.3 is 5.32 Å². The lowest BCUT2D eigenvalue weighted by Gasteiger charge is -2.15. The van der Waals surface area contributed by atoms with E-state index in [0.717, 1.165) is 12.8 Å². The second kappa shape index (κ2) is 7.56. The zero-order chi connectivity index (χ0) is 16.0. The molecule has 0 atom stereocenters. The van der Waals surface area contributed by atoms with Gasteiger partial charge in [-0.3, -0.25) is 4.79 Å². The molecule has 0 aromatic heterocycles. The molecule has 0 spiro atoms. The quantitative estimate of drug-likeness (QED) is 0.813. The standard InChI is InChI=1S/C15H24N2O3S/c1-5-13(6-2)10-16-21(19,20)15-9-14(17-12(4)18)8-7-11(15)3/h7-9,13,16H,5-6,10H2,1-4H3,(H,17,18). The highest BCUT2D eigenvalue weighted by Gasteiger charge is 2.18. The fraction of sp³-hybridized carbons (Fsp3) is 0.533. The van der Waals surface area contributed by atoms with Crippen molar-refractivity contribution >= 4 is 21.6 Å². The van der Waals surface area contributed by atoms with Gasteiger partial charge in [0.1, 0.15) is 0 Å². The highest BCUT2D eigenvalue weighted by Crippen LogP contribution is 2.20. The summed E-state index contributed by atoms with van der Waals surface area (Å²) in [4.78, 5) is 11.3. The van der Waals surface area contributed by atoms with E-state index in [0.29, 0.717) is 23.7 Å². The lowest BCUT2D eigenvalue weighted by molar-refractivity contribution is -0.114. The molecule has 118 valence electrons. The normalized spacial score (nSPS) is 11.7. The smallest absolute Gasteiger partial charge is 0.240 e. The highest BCUT2D eigenvalue weighted by molar-refractivity contribution is 7.89. The van der Waals surface area contributed by atoms with Gasteiger partial charge in [-0.05, 0) is 30.5 Å². The lowest BCUT2D eigenvalue weighted by atomic mass is 10.0. The van der Waals surface area contributed by atoms with Gasteiger partial charge in [0.15, 0.2) is 0 Å². The Morgan fingerprint density at radius 3 is 2.38 bits per heavy atom. The number of hydrogen-bond donors (Lipinski definition) is 2. The number of rotatable bonds is 7. The predicted molar refractivity (Wildman–Crippen MR) is 84.7 cm³/mol. The number of carbonyl (C=O) groups is 1. The molecule has 0 aliphatic heterocycles. The number of carbonyl (C=O) groups excluding carboxylic acids is 1. The Morgan fingerprint density at radius 1 is 1.24 bits per heavy atom. The Bertz CT molecular complexity index is 593. The summed E-state index contributed by atoms with van der Waals surface area (Å²) in [6.07, 6.45) is 1.87. The van der Waals surface area contributed by atoms with Crippen molar-refractivity contribution < 1.29 is 13.2 Å². The third-order valence-electron chi connectivity index (χ3n) is 3.51. The molecule has 0 aliphatic carbocycles. The molecule has 1 aromatic carbocycles. The van der Waals surface area contributed by atoms with Gasteiger partial charge in [0.2, 0.25) is 15.9 Å². The fourth-order valence-electron chi connectivity index (χ4n) is 2.05. The van der Waals surface area contributed by atoms with Gasteiger partial charge in [-0.2, -0.15) is 0 Å². The molecular formula is C15H24N2O3S. The summed E-state index contributed by atoms with van der Waals surface area (Å²) < 4.78 is 27.5. The first kappa shape index (κ1) is 17.7. The van der Waals surface area contributed by atoms with Crippen molar-refractivity contribution in [2.75, 3.05) is 11.9 Å². The summed E-state index contributed by atoms with van der Waals surface area (Å²) in [6, 6.07) is 4.87. The maximum atomic E-state index is 12.4. The number of nitrogens with one attached hydrogen (secondary N) is 2. The molecule has 5 nitrogen and oxygen atoms in total. The van der Waals surface area contributed by atoms with E-state index in [9.17, 15) is 13.2 Å².